The highest BCUT2D eigenvalue weighted by Crippen LogP contribution is 2.39. The van der Waals surface area contributed by atoms with Crippen LogP contribution in [0.3, 0.4) is 0 Å². The van der Waals surface area contributed by atoms with Crippen molar-refractivity contribution in [3.05, 3.63) is 41.1 Å². The van der Waals surface area contributed by atoms with E-state index in [1.807, 2.05) is 0 Å². The third kappa shape index (κ3) is 3.91. The van der Waals surface area contributed by atoms with E-state index in [1.165, 1.54) is 0 Å². The summed E-state index contributed by atoms with van der Waals surface area (Å²) in [6, 6.07) is 0.700. The van der Waals surface area contributed by atoms with Crippen LogP contribution in [-0.4, -0.2) is 42.9 Å². The van der Waals surface area contributed by atoms with E-state index in [9.17, 15) is 26.5 Å². The van der Waals surface area contributed by atoms with Gasteiger partial charge in [-0.05, 0) is 6.92 Å². The smallest absolute Gasteiger partial charge is 0.246 e. The zero-order valence-corrected chi connectivity index (χ0v) is 15.1. The van der Waals surface area contributed by atoms with Crippen molar-refractivity contribution >= 4 is 23.2 Å². The SMILES string of the molecule is CC(F)CN(N(F)F)N(N)c1c(-c2c(F)cc(F)cc2F)c(Cl)nc2ncnn12. The van der Waals surface area contributed by atoms with Gasteiger partial charge in [0.2, 0.25) is 0 Å². The number of hydrogen-bond donors (Lipinski definition) is 1. The Balaban J connectivity index is 2.34. The molecule has 2 aromatic heterocycles. The van der Waals surface area contributed by atoms with E-state index < -0.39 is 57.7 Å². The van der Waals surface area contributed by atoms with Crippen LogP contribution in [0.15, 0.2) is 18.5 Å². The number of nitrogens with zero attached hydrogens (tertiary/aromatic N) is 7. The molecular weight excluding hydrogens is 430 g/mol. The molecule has 1 aromatic carbocycles. The van der Waals surface area contributed by atoms with Crippen molar-refractivity contribution in [3.8, 4) is 11.1 Å². The minimum absolute atomic E-state index is 0.0831. The summed E-state index contributed by atoms with van der Waals surface area (Å²) in [6.45, 7) is 0.0304. The Morgan fingerprint density at radius 1 is 1.17 bits per heavy atom. The molecule has 0 aliphatic rings. The quantitative estimate of drug-likeness (QED) is 0.207. The fourth-order valence-electron chi connectivity index (χ4n) is 2.57. The molecule has 3 rings (SSSR count). The highest BCUT2D eigenvalue weighted by Gasteiger charge is 2.32. The van der Waals surface area contributed by atoms with Gasteiger partial charge in [0.25, 0.3) is 5.78 Å². The number of halogens is 7. The number of anilines is 1. The van der Waals surface area contributed by atoms with E-state index in [2.05, 4.69) is 15.1 Å². The van der Waals surface area contributed by atoms with Gasteiger partial charge in [0, 0.05) is 12.1 Å². The van der Waals surface area contributed by atoms with E-state index >= 15 is 0 Å². The topological polar surface area (TPSA) is 78.8 Å². The van der Waals surface area contributed by atoms with E-state index in [-0.39, 0.29) is 16.0 Å². The van der Waals surface area contributed by atoms with Crippen LogP contribution < -0.4 is 11.0 Å². The summed E-state index contributed by atoms with van der Waals surface area (Å²) >= 11 is 6.02. The Labute approximate surface area is 163 Å². The lowest BCUT2D eigenvalue weighted by Crippen LogP contribution is -2.54. The normalized spacial score (nSPS) is 12.9. The van der Waals surface area contributed by atoms with Crippen molar-refractivity contribution in [2.24, 2.45) is 5.84 Å². The van der Waals surface area contributed by atoms with Gasteiger partial charge in [-0.1, -0.05) is 25.7 Å². The molecule has 0 bridgehead atoms. The van der Waals surface area contributed by atoms with Crippen molar-refractivity contribution in [1.29, 1.82) is 0 Å². The summed E-state index contributed by atoms with van der Waals surface area (Å²) in [7, 11) is 0. The lowest BCUT2D eigenvalue weighted by atomic mass is 10.1. The second-order valence-electron chi connectivity index (χ2n) is 5.71. The van der Waals surface area contributed by atoms with Crippen LogP contribution in [0.25, 0.3) is 16.9 Å². The Bertz CT molecular complexity index is 1020. The molecule has 8 nitrogen and oxygen atoms in total. The highest BCUT2D eigenvalue weighted by atomic mass is 35.5. The molecule has 0 saturated heterocycles. The van der Waals surface area contributed by atoms with Crippen LogP contribution in [0.2, 0.25) is 5.15 Å². The van der Waals surface area contributed by atoms with E-state index in [1.54, 1.807) is 0 Å². The number of benzene rings is 1. The molecule has 0 aliphatic carbocycles. The molecule has 0 aliphatic heterocycles. The first-order valence-corrected chi connectivity index (χ1v) is 8.11. The van der Waals surface area contributed by atoms with Gasteiger partial charge in [-0.3, -0.25) is 0 Å². The lowest BCUT2D eigenvalue weighted by molar-refractivity contribution is -0.309. The van der Waals surface area contributed by atoms with Gasteiger partial charge >= 0.3 is 0 Å². The highest BCUT2D eigenvalue weighted by molar-refractivity contribution is 6.33. The first kappa shape index (κ1) is 21.0. The van der Waals surface area contributed by atoms with Crippen molar-refractivity contribution < 1.29 is 26.5 Å². The summed E-state index contributed by atoms with van der Waals surface area (Å²) in [6.07, 6.45) is -0.844. The van der Waals surface area contributed by atoms with Crippen molar-refractivity contribution in [2.75, 3.05) is 11.7 Å². The molecule has 0 amide bonds. The van der Waals surface area contributed by atoms with Gasteiger partial charge < -0.3 is 0 Å². The second-order valence-corrected chi connectivity index (χ2v) is 6.07. The van der Waals surface area contributed by atoms with E-state index in [0.717, 1.165) is 17.8 Å². The molecule has 1 atom stereocenters. The zero-order chi connectivity index (χ0) is 21.5. The Morgan fingerprint density at radius 2 is 1.79 bits per heavy atom. The van der Waals surface area contributed by atoms with E-state index in [0.29, 0.717) is 12.1 Å². The molecule has 2 heterocycles. The molecule has 0 fully saturated rings. The van der Waals surface area contributed by atoms with Crippen molar-refractivity contribution in [3.63, 3.8) is 0 Å². The Hall–Kier alpha value is -2.68. The lowest BCUT2D eigenvalue weighted by Gasteiger charge is -2.32. The Kier molecular flexibility index (Phi) is 5.79. The number of hydrazine groups is 3. The molecule has 1 unspecified atom stereocenters. The number of nitrogens with two attached hydrogens (primary N) is 1. The van der Waals surface area contributed by atoms with E-state index in [4.69, 9.17) is 17.4 Å². The summed E-state index contributed by atoms with van der Waals surface area (Å²) in [5.74, 6) is 0.775. The monoisotopic (exact) mass is 440 g/mol. The van der Waals surface area contributed by atoms with Gasteiger partial charge in [0.05, 0.1) is 17.7 Å². The molecule has 0 saturated carbocycles. The third-order valence-electron chi connectivity index (χ3n) is 3.67. The minimum atomic E-state index is -1.79. The molecule has 0 spiro atoms. The first-order valence-electron chi connectivity index (χ1n) is 7.73. The number of alkyl halides is 1. The molecule has 15 heteroatoms. The summed E-state index contributed by atoms with van der Waals surface area (Å²) in [5.41, 5.74) is -3.10. The second kappa shape index (κ2) is 7.98. The van der Waals surface area contributed by atoms with Gasteiger partial charge in [0.1, 0.15) is 40.6 Å². The molecule has 29 heavy (non-hydrogen) atoms. The largest absolute Gasteiger partial charge is 0.255 e. The average Bonchev–Trinajstić information content (AvgIpc) is 3.05. The zero-order valence-electron chi connectivity index (χ0n) is 14.4. The number of fused-ring (bicyclic) bond motifs is 1. The molecule has 3 aromatic rings. The molecule has 156 valence electrons. The van der Waals surface area contributed by atoms with Crippen LogP contribution in [-0.2, 0) is 0 Å². The van der Waals surface area contributed by atoms with Crippen LogP contribution in [0.4, 0.5) is 32.3 Å². The number of rotatable bonds is 6. The fraction of sp³-hybridized carbons (Fsp3) is 0.214. The fourth-order valence-corrected chi connectivity index (χ4v) is 2.82. The predicted octanol–water partition coefficient (Wildman–Crippen LogP) is 3.10. The van der Waals surface area contributed by atoms with Crippen LogP contribution in [0.5, 0.6) is 0 Å². The molecule has 2 N–H and O–H groups in total. The first-order chi connectivity index (χ1) is 13.6. The standard InChI is InChI=1S/C14H11ClF6N8/c1-6(16)4-26(29(20)21)28(22)13-11(10-8(18)2-7(17)3-9(10)19)12(15)25-14-23-5-24-27(13)14/h2-3,5-6H,4,22H2,1H3. The minimum Gasteiger partial charge on any atom is -0.246 e. The maximum Gasteiger partial charge on any atom is 0.255 e. The van der Waals surface area contributed by atoms with Crippen molar-refractivity contribution in [2.45, 2.75) is 13.1 Å². The van der Waals surface area contributed by atoms with Gasteiger partial charge in [-0.25, -0.2) is 28.5 Å². The summed E-state index contributed by atoms with van der Waals surface area (Å²) in [5, 5.41) is 3.21. The molecule has 0 radical (unpaired) electrons. The number of hydrogen-bond acceptors (Lipinski definition) is 7. The van der Waals surface area contributed by atoms with Gasteiger partial charge in [0.15, 0.2) is 5.82 Å². The third-order valence-corrected chi connectivity index (χ3v) is 3.94. The summed E-state index contributed by atoms with van der Waals surface area (Å²) in [4.78, 5) is 7.49. The van der Waals surface area contributed by atoms with Crippen LogP contribution in [0, 0.1) is 17.5 Å². The Morgan fingerprint density at radius 3 is 2.34 bits per heavy atom. The molecular formula is C14H11ClF6N8. The average molecular weight is 441 g/mol. The van der Waals surface area contributed by atoms with Gasteiger partial charge in [-0.2, -0.15) is 19.6 Å². The summed E-state index contributed by atoms with van der Waals surface area (Å²) < 4.78 is 83.0. The van der Waals surface area contributed by atoms with Crippen LogP contribution in [0.1, 0.15) is 6.92 Å². The maximum atomic E-state index is 14.4. The maximum absolute atomic E-state index is 14.4. The predicted molar refractivity (Wildman–Crippen MR) is 89.1 cm³/mol. The number of aromatic nitrogens is 4. The van der Waals surface area contributed by atoms with Crippen LogP contribution >= 0.6 is 11.6 Å². The van der Waals surface area contributed by atoms with Gasteiger partial charge in [-0.15, -0.1) is 0 Å². The van der Waals surface area contributed by atoms with Crippen molar-refractivity contribution in [1.82, 2.24) is 30.2 Å².